The molecule has 0 atom stereocenters. The Morgan fingerprint density at radius 2 is 2.17 bits per heavy atom. The van der Waals surface area contributed by atoms with Crippen LogP contribution in [0.15, 0.2) is 24.5 Å². The lowest BCUT2D eigenvalue weighted by Crippen LogP contribution is -2.36. The topological polar surface area (TPSA) is 87.9 Å². The predicted octanol–water partition coefficient (Wildman–Crippen LogP) is 0.585. The van der Waals surface area contributed by atoms with Crippen molar-refractivity contribution in [1.29, 1.82) is 0 Å². The van der Waals surface area contributed by atoms with Crippen molar-refractivity contribution in [2.75, 3.05) is 12.3 Å². The first kappa shape index (κ1) is 10.8. The number of nitrogen functional groups attached to an aromatic ring is 1. The number of anilines is 1. The van der Waals surface area contributed by atoms with Crippen molar-refractivity contribution >= 4 is 11.7 Å². The smallest absolute Gasteiger partial charge is 0.254 e. The van der Waals surface area contributed by atoms with Crippen LogP contribution in [0.3, 0.4) is 0 Å². The molecular weight excluding hydrogens is 230 g/mol. The molecule has 0 saturated carbocycles. The van der Waals surface area contributed by atoms with Crippen LogP contribution in [-0.4, -0.2) is 32.5 Å². The Bertz CT molecular complexity index is 577. The molecule has 0 unspecified atom stereocenters. The monoisotopic (exact) mass is 243 g/mol. The van der Waals surface area contributed by atoms with E-state index in [4.69, 9.17) is 5.73 Å². The van der Waals surface area contributed by atoms with Crippen LogP contribution in [0.5, 0.6) is 0 Å². The first-order chi connectivity index (χ1) is 8.75. The van der Waals surface area contributed by atoms with Crippen molar-refractivity contribution in [2.45, 2.75) is 13.0 Å². The number of hydrogen-bond acceptors (Lipinski definition) is 4. The van der Waals surface area contributed by atoms with Crippen LogP contribution in [0.2, 0.25) is 0 Å². The number of hydrogen-bond donors (Lipinski definition) is 2. The van der Waals surface area contributed by atoms with E-state index in [2.05, 4.69) is 15.2 Å². The van der Waals surface area contributed by atoms with Crippen molar-refractivity contribution in [3.8, 4) is 0 Å². The molecule has 0 bridgehead atoms. The van der Waals surface area contributed by atoms with E-state index in [-0.39, 0.29) is 5.91 Å². The van der Waals surface area contributed by atoms with Gasteiger partial charge < -0.3 is 10.6 Å². The number of nitrogens with one attached hydrogen (secondary N) is 1. The Hall–Kier alpha value is -2.37. The summed E-state index contributed by atoms with van der Waals surface area (Å²) < 4.78 is 0. The number of carbonyl (C=O) groups is 1. The third kappa shape index (κ3) is 1.71. The molecule has 0 spiro atoms. The Balaban J connectivity index is 1.82. The molecule has 1 amide bonds. The molecule has 3 heterocycles. The number of H-pyrrole nitrogens is 1. The number of pyridine rings is 1. The first-order valence-corrected chi connectivity index (χ1v) is 5.76. The summed E-state index contributed by atoms with van der Waals surface area (Å²) in [6.07, 6.45) is 3.99. The molecule has 18 heavy (non-hydrogen) atoms. The third-order valence-corrected chi connectivity index (χ3v) is 3.18. The Morgan fingerprint density at radius 3 is 2.94 bits per heavy atom. The third-order valence-electron chi connectivity index (χ3n) is 3.18. The molecular formula is C12H13N5O. The number of aromatic amines is 1. The van der Waals surface area contributed by atoms with E-state index in [1.807, 2.05) is 0 Å². The highest BCUT2D eigenvalue weighted by atomic mass is 16.2. The maximum Gasteiger partial charge on any atom is 0.254 e. The Morgan fingerprint density at radius 1 is 1.39 bits per heavy atom. The average Bonchev–Trinajstić information content (AvgIpc) is 2.80. The minimum atomic E-state index is 0.0104. The van der Waals surface area contributed by atoms with Gasteiger partial charge in [-0.25, -0.2) is 0 Å². The van der Waals surface area contributed by atoms with Crippen molar-refractivity contribution in [3.63, 3.8) is 0 Å². The van der Waals surface area contributed by atoms with Gasteiger partial charge in [-0.15, -0.1) is 0 Å². The summed E-state index contributed by atoms with van der Waals surface area (Å²) in [6.45, 7) is 1.19. The second-order valence-electron chi connectivity index (χ2n) is 4.28. The molecule has 3 N–H and O–H groups in total. The van der Waals surface area contributed by atoms with Gasteiger partial charge in [-0.2, -0.15) is 5.10 Å². The average molecular weight is 243 g/mol. The molecule has 0 radical (unpaired) electrons. The number of nitrogens with two attached hydrogens (primary N) is 1. The normalized spacial score (nSPS) is 14.3. The molecule has 0 saturated heterocycles. The fourth-order valence-electron chi connectivity index (χ4n) is 2.19. The van der Waals surface area contributed by atoms with Crippen LogP contribution in [0.25, 0.3) is 0 Å². The van der Waals surface area contributed by atoms with Gasteiger partial charge in [0.2, 0.25) is 0 Å². The summed E-state index contributed by atoms with van der Waals surface area (Å²) in [5.74, 6) is 0.553. The zero-order valence-electron chi connectivity index (χ0n) is 9.76. The van der Waals surface area contributed by atoms with E-state index in [0.717, 1.165) is 17.7 Å². The van der Waals surface area contributed by atoms with Crippen molar-refractivity contribution in [3.05, 3.63) is 41.3 Å². The highest BCUT2D eigenvalue weighted by molar-refractivity contribution is 5.94. The molecule has 92 valence electrons. The second-order valence-corrected chi connectivity index (χ2v) is 4.28. The summed E-state index contributed by atoms with van der Waals surface area (Å²) in [5.41, 5.74) is 8.36. The number of nitrogens with zero attached hydrogens (tertiary/aromatic N) is 3. The van der Waals surface area contributed by atoms with E-state index in [9.17, 15) is 4.79 Å². The molecule has 3 rings (SSSR count). The van der Waals surface area contributed by atoms with E-state index >= 15 is 0 Å². The van der Waals surface area contributed by atoms with E-state index in [1.54, 1.807) is 29.4 Å². The fourth-order valence-corrected chi connectivity index (χ4v) is 2.19. The van der Waals surface area contributed by atoms with Gasteiger partial charge >= 0.3 is 0 Å². The van der Waals surface area contributed by atoms with Gasteiger partial charge in [-0.1, -0.05) is 0 Å². The van der Waals surface area contributed by atoms with E-state index in [1.165, 1.54) is 0 Å². The quantitative estimate of drug-likeness (QED) is 0.767. The summed E-state index contributed by atoms with van der Waals surface area (Å²) in [6, 6.07) is 3.44. The van der Waals surface area contributed by atoms with Gasteiger partial charge in [0.1, 0.15) is 5.82 Å². The molecule has 1 aliphatic rings. The van der Waals surface area contributed by atoms with Gasteiger partial charge in [0.05, 0.1) is 12.2 Å². The van der Waals surface area contributed by atoms with E-state index in [0.29, 0.717) is 24.5 Å². The van der Waals surface area contributed by atoms with Crippen molar-refractivity contribution in [2.24, 2.45) is 0 Å². The highest BCUT2D eigenvalue weighted by Gasteiger charge is 2.24. The minimum Gasteiger partial charge on any atom is -0.382 e. The van der Waals surface area contributed by atoms with Crippen LogP contribution in [0, 0.1) is 0 Å². The fraction of sp³-hybridized carbons (Fsp3) is 0.250. The molecule has 2 aromatic heterocycles. The Kier molecular flexibility index (Phi) is 2.47. The summed E-state index contributed by atoms with van der Waals surface area (Å²) in [4.78, 5) is 17.9. The van der Waals surface area contributed by atoms with Crippen molar-refractivity contribution < 1.29 is 4.79 Å². The van der Waals surface area contributed by atoms with E-state index < -0.39 is 0 Å². The van der Waals surface area contributed by atoms with Crippen molar-refractivity contribution in [1.82, 2.24) is 20.1 Å². The molecule has 1 aliphatic heterocycles. The van der Waals surface area contributed by atoms with Gasteiger partial charge in [-0.3, -0.25) is 14.9 Å². The lowest BCUT2D eigenvalue weighted by atomic mass is 10.1. The molecule has 0 fully saturated rings. The van der Waals surface area contributed by atoms with Gasteiger partial charge in [0, 0.05) is 30.1 Å². The predicted molar refractivity (Wildman–Crippen MR) is 65.7 cm³/mol. The number of aromatic nitrogens is 3. The van der Waals surface area contributed by atoms with Gasteiger partial charge in [0.15, 0.2) is 0 Å². The lowest BCUT2D eigenvalue weighted by molar-refractivity contribution is 0.0732. The van der Waals surface area contributed by atoms with Crippen LogP contribution >= 0.6 is 0 Å². The maximum absolute atomic E-state index is 12.2. The number of amides is 1. The summed E-state index contributed by atoms with van der Waals surface area (Å²) >= 11 is 0. The molecule has 6 nitrogen and oxygen atoms in total. The van der Waals surface area contributed by atoms with Gasteiger partial charge in [-0.05, 0) is 18.6 Å². The van der Waals surface area contributed by atoms with Crippen LogP contribution in [-0.2, 0) is 13.0 Å². The van der Waals surface area contributed by atoms with Crippen LogP contribution < -0.4 is 5.73 Å². The minimum absolute atomic E-state index is 0.0104. The molecule has 0 aliphatic carbocycles. The summed E-state index contributed by atoms with van der Waals surface area (Å²) in [7, 11) is 0. The maximum atomic E-state index is 12.2. The Labute approximate surface area is 104 Å². The zero-order valence-corrected chi connectivity index (χ0v) is 9.76. The first-order valence-electron chi connectivity index (χ1n) is 5.76. The summed E-state index contributed by atoms with van der Waals surface area (Å²) in [5, 5.41) is 6.85. The second kappa shape index (κ2) is 4.14. The zero-order chi connectivity index (χ0) is 12.5. The highest BCUT2D eigenvalue weighted by Crippen LogP contribution is 2.22. The standard InChI is InChI=1S/C12H13N5O/c13-11-9-3-6-17(7-10(9)15-16-11)12(18)8-1-4-14-5-2-8/h1-2,4-5H,3,6-7H2,(H3,13,15,16). The molecule has 2 aromatic rings. The van der Waals surface area contributed by atoms with Gasteiger partial charge in [0.25, 0.3) is 5.91 Å². The number of rotatable bonds is 1. The lowest BCUT2D eigenvalue weighted by Gasteiger charge is -2.26. The SMILES string of the molecule is Nc1n[nH]c2c1CCN(C(=O)c1ccncc1)C2. The molecule has 6 heteroatoms. The van der Waals surface area contributed by atoms with Crippen LogP contribution in [0.4, 0.5) is 5.82 Å². The van der Waals surface area contributed by atoms with Crippen LogP contribution in [0.1, 0.15) is 21.6 Å². The number of carbonyl (C=O) groups excluding carboxylic acids is 1. The largest absolute Gasteiger partial charge is 0.382 e. The molecule has 0 aromatic carbocycles. The number of fused-ring (bicyclic) bond motifs is 1.